The minimum absolute atomic E-state index is 0.155. The molecular weight excluding hydrogens is 316 g/mol. The number of carbonyl (C=O) groups excluding carboxylic acids is 1. The first kappa shape index (κ1) is 16.9. The van der Waals surface area contributed by atoms with Gasteiger partial charge in [-0.15, -0.1) is 0 Å². The summed E-state index contributed by atoms with van der Waals surface area (Å²) in [5.41, 5.74) is 2.13. The Balaban J connectivity index is 2.07. The summed E-state index contributed by atoms with van der Waals surface area (Å²) in [5.74, 6) is -0.100. The van der Waals surface area contributed by atoms with Crippen LogP contribution in [0, 0.1) is 13.8 Å². The highest BCUT2D eigenvalue weighted by molar-refractivity contribution is 6.02. The Hall–Kier alpha value is -2.95. The van der Waals surface area contributed by atoms with E-state index < -0.39 is 5.97 Å². The predicted molar refractivity (Wildman–Crippen MR) is 97.2 cm³/mol. The number of ether oxygens (including phenoxy) is 1. The lowest BCUT2D eigenvalue weighted by molar-refractivity contribution is 0.0728. The summed E-state index contributed by atoms with van der Waals surface area (Å²) < 4.78 is 6.83. The van der Waals surface area contributed by atoms with Gasteiger partial charge in [-0.1, -0.05) is 31.2 Å². The van der Waals surface area contributed by atoms with Crippen LogP contribution in [0.2, 0.25) is 0 Å². The minimum Gasteiger partial charge on any atom is -0.422 e. The van der Waals surface area contributed by atoms with Crippen LogP contribution in [0.5, 0.6) is 5.75 Å². The van der Waals surface area contributed by atoms with Gasteiger partial charge in [-0.3, -0.25) is 4.79 Å². The molecule has 0 atom stereocenters. The molecule has 0 spiro atoms. The molecule has 25 heavy (non-hydrogen) atoms. The van der Waals surface area contributed by atoms with Crippen LogP contribution < -0.4 is 10.3 Å². The van der Waals surface area contributed by atoms with E-state index in [4.69, 9.17) is 4.74 Å². The normalized spacial score (nSPS) is 10.8. The molecular formula is C20H20N2O3. The van der Waals surface area contributed by atoms with Gasteiger partial charge < -0.3 is 4.74 Å². The van der Waals surface area contributed by atoms with Crippen LogP contribution in [0.15, 0.2) is 47.3 Å². The molecule has 0 radical (unpaired) electrons. The van der Waals surface area contributed by atoms with Crippen LogP contribution in [0.4, 0.5) is 0 Å². The largest absolute Gasteiger partial charge is 0.422 e. The van der Waals surface area contributed by atoms with Crippen molar-refractivity contribution in [2.45, 2.75) is 33.7 Å². The molecule has 0 saturated carbocycles. The summed E-state index contributed by atoms with van der Waals surface area (Å²) in [7, 11) is 0. The predicted octanol–water partition coefficient (Wildman–Crippen LogP) is 3.64. The highest BCUT2D eigenvalue weighted by Gasteiger charge is 2.18. The fourth-order valence-electron chi connectivity index (χ4n) is 2.68. The van der Waals surface area contributed by atoms with E-state index in [0.29, 0.717) is 23.1 Å². The second-order valence-electron chi connectivity index (χ2n) is 6.06. The first-order valence-corrected chi connectivity index (χ1v) is 8.30. The third kappa shape index (κ3) is 3.31. The zero-order valence-electron chi connectivity index (χ0n) is 14.6. The molecule has 5 heteroatoms. The Morgan fingerprint density at radius 2 is 1.80 bits per heavy atom. The maximum atomic E-state index is 12.7. The van der Waals surface area contributed by atoms with Crippen molar-refractivity contribution in [3.63, 3.8) is 0 Å². The van der Waals surface area contributed by atoms with E-state index >= 15 is 0 Å². The van der Waals surface area contributed by atoms with Gasteiger partial charge in [0.05, 0.1) is 5.39 Å². The molecule has 5 nitrogen and oxygen atoms in total. The summed E-state index contributed by atoms with van der Waals surface area (Å²) in [6.45, 7) is 6.36. The molecule has 1 heterocycles. The van der Waals surface area contributed by atoms with Crippen molar-refractivity contribution in [1.29, 1.82) is 0 Å². The summed E-state index contributed by atoms with van der Waals surface area (Å²) >= 11 is 0. The summed E-state index contributed by atoms with van der Waals surface area (Å²) in [6, 6.07) is 12.5. The van der Waals surface area contributed by atoms with Gasteiger partial charge in [0, 0.05) is 11.9 Å². The van der Waals surface area contributed by atoms with E-state index in [0.717, 1.165) is 17.5 Å². The molecule has 128 valence electrons. The molecule has 0 N–H and O–H groups in total. The van der Waals surface area contributed by atoms with Crippen molar-refractivity contribution in [1.82, 2.24) is 9.78 Å². The van der Waals surface area contributed by atoms with Crippen molar-refractivity contribution in [2.75, 3.05) is 0 Å². The number of hydrogen-bond donors (Lipinski definition) is 0. The molecule has 0 bridgehead atoms. The van der Waals surface area contributed by atoms with Gasteiger partial charge in [0.2, 0.25) is 0 Å². The number of aryl methyl sites for hydroxylation is 3. The topological polar surface area (TPSA) is 61.2 Å². The van der Waals surface area contributed by atoms with Crippen LogP contribution in [0.3, 0.4) is 0 Å². The summed E-state index contributed by atoms with van der Waals surface area (Å²) in [6.07, 6.45) is 0.747. The number of esters is 1. The summed E-state index contributed by atoms with van der Waals surface area (Å²) in [5, 5.41) is 5.23. The molecule has 0 saturated heterocycles. The average molecular weight is 336 g/mol. The Kier molecular flexibility index (Phi) is 4.65. The molecule has 1 aromatic heterocycles. The molecule has 0 fully saturated rings. The van der Waals surface area contributed by atoms with Crippen molar-refractivity contribution in [3.8, 4) is 5.75 Å². The van der Waals surface area contributed by atoms with Crippen LogP contribution >= 0.6 is 0 Å². The number of fused-ring (bicyclic) bond motifs is 1. The zero-order chi connectivity index (χ0) is 18.0. The standard InChI is InChI=1S/C20H20N2O3/c1-4-11-22-19(23)17-8-6-5-7-16(17)18(21-22)20(24)25-15-10-9-13(2)14(3)12-15/h5-10,12H,4,11H2,1-3H3. The monoisotopic (exact) mass is 336 g/mol. The van der Waals surface area contributed by atoms with Crippen molar-refractivity contribution < 1.29 is 9.53 Å². The fourth-order valence-corrected chi connectivity index (χ4v) is 2.68. The molecule has 2 aromatic carbocycles. The van der Waals surface area contributed by atoms with Gasteiger partial charge in [0.15, 0.2) is 5.69 Å². The maximum absolute atomic E-state index is 12.7. The Morgan fingerprint density at radius 3 is 2.48 bits per heavy atom. The van der Waals surface area contributed by atoms with Crippen LogP contribution in [-0.2, 0) is 6.54 Å². The summed E-state index contributed by atoms with van der Waals surface area (Å²) in [4.78, 5) is 25.2. The van der Waals surface area contributed by atoms with E-state index in [-0.39, 0.29) is 11.3 Å². The van der Waals surface area contributed by atoms with Crippen molar-refractivity contribution in [3.05, 3.63) is 69.6 Å². The third-order valence-corrected chi connectivity index (χ3v) is 4.19. The number of benzene rings is 2. The van der Waals surface area contributed by atoms with Crippen LogP contribution in [0.1, 0.15) is 35.0 Å². The SMILES string of the molecule is CCCn1nc(C(=O)Oc2ccc(C)c(C)c2)c2ccccc2c1=O. The Bertz CT molecular complexity index is 1010. The van der Waals surface area contributed by atoms with Crippen LogP contribution in [0.25, 0.3) is 10.8 Å². The smallest absolute Gasteiger partial charge is 0.364 e. The first-order valence-electron chi connectivity index (χ1n) is 8.30. The van der Waals surface area contributed by atoms with Gasteiger partial charge in [-0.2, -0.15) is 5.10 Å². The number of hydrogen-bond acceptors (Lipinski definition) is 4. The van der Waals surface area contributed by atoms with Crippen LogP contribution in [-0.4, -0.2) is 15.7 Å². The molecule has 0 unspecified atom stereocenters. The highest BCUT2D eigenvalue weighted by Crippen LogP contribution is 2.20. The first-order chi connectivity index (χ1) is 12.0. The molecule has 0 aliphatic carbocycles. The molecule has 0 aliphatic heterocycles. The number of aromatic nitrogens is 2. The van der Waals surface area contributed by atoms with Gasteiger partial charge in [0.1, 0.15) is 5.75 Å². The lowest BCUT2D eigenvalue weighted by Crippen LogP contribution is -2.27. The average Bonchev–Trinajstić information content (AvgIpc) is 2.61. The number of rotatable bonds is 4. The lowest BCUT2D eigenvalue weighted by atomic mass is 10.1. The maximum Gasteiger partial charge on any atom is 0.364 e. The molecule has 3 rings (SSSR count). The molecule has 0 amide bonds. The number of carbonyl (C=O) groups is 1. The van der Waals surface area contributed by atoms with Gasteiger partial charge in [0.25, 0.3) is 5.56 Å². The van der Waals surface area contributed by atoms with Gasteiger partial charge in [-0.05, 0) is 49.6 Å². The third-order valence-electron chi connectivity index (χ3n) is 4.19. The zero-order valence-corrected chi connectivity index (χ0v) is 14.6. The molecule has 3 aromatic rings. The Morgan fingerprint density at radius 1 is 1.08 bits per heavy atom. The van der Waals surface area contributed by atoms with E-state index in [1.54, 1.807) is 30.3 Å². The van der Waals surface area contributed by atoms with Gasteiger partial charge >= 0.3 is 5.97 Å². The second-order valence-corrected chi connectivity index (χ2v) is 6.06. The minimum atomic E-state index is -0.565. The lowest BCUT2D eigenvalue weighted by Gasteiger charge is -2.11. The Labute approximate surface area is 145 Å². The van der Waals surface area contributed by atoms with E-state index in [1.165, 1.54) is 4.68 Å². The quantitative estimate of drug-likeness (QED) is 0.539. The molecule has 0 aliphatic rings. The second kappa shape index (κ2) is 6.89. The van der Waals surface area contributed by atoms with Crippen molar-refractivity contribution in [2.24, 2.45) is 0 Å². The fraction of sp³-hybridized carbons (Fsp3) is 0.250. The van der Waals surface area contributed by atoms with E-state index in [2.05, 4.69) is 5.10 Å². The van der Waals surface area contributed by atoms with E-state index in [1.807, 2.05) is 32.9 Å². The van der Waals surface area contributed by atoms with E-state index in [9.17, 15) is 9.59 Å². The highest BCUT2D eigenvalue weighted by atomic mass is 16.5. The van der Waals surface area contributed by atoms with Crippen molar-refractivity contribution >= 4 is 16.7 Å². The number of nitrogens with zero attached hydrogens (tertiary/aromatic N) is 2. The van der Waals surface area contributed by atoms with Gasteiger partial charge in [-0.25, -0.2) is 9.48 Å².